The number of hydrogen-bond donors (Lipinski definition) is 1. The van der Waals surface area contributed by atoms with Crippen LogP contribution in [0.25, 0.3) is 0 Å². The largest absolute Gasteiger partial charge is 0.392 e. The average molecular weight is 354 g/mol. The van der Waals surface area contributed by atoms with Crippen molar-refractivity contribution in [1.29, 1.82) is 0 Å². The molecule has 16 heavy (non-hydrogen) atoms. The number of hydrogen-bond acceptors (Lipinski definition) is 3. The van der Waals surface area contributed by atoms with E-state index >= 15 is 0 Å². The fourth-order valence-corrected chi connectivity index (χ4v) is 2.49. The molecule has 1 aromatic heterocycles. The number of ether oxygens (including phenoxy) is 1. The van der Waals surface area contributed by atoms with Crippen LogP contribution in [0.1, 0.15) is 5.56 Å². The molecule has 0 amide bonds. The van der Waals surface area contributed by atoms with E-state index in [1.807, 2.05) is 6.20 Å². The van der Waals surface area contributed by atoms with Crippen LogP contribution in [0, 0.1) is 3.70 Å². The lowest BCUT2D eigenvalue weighted by molar-refractivity contribution is 0.0782. The molecule has 0 fully saturated rings. The maximum Gasteiger partial charge on any atom is 0.139 e. The Morgan fingerprint density at radius 1 is 1.50 bits per heavy atom. The van der Waals surface area contributed by atoms with Crippen LogP contribution < -0.4 is 0 Å². The molecule has 0 radical (unpaired) electrons. The first-order chi connectivity index (χ1) is 7.42. The van der Waals surface area contributed by atoms with Gasteiger partial charge >= 0.3 is 0 Å². The summed E-state index contributed by atoms with van der Waals surface area (Å²) in [4.78, 5) is 0. The highest BCUT2D eigenvalue weighted by Gasteiger charge is 2.12. The van der Waals surface area contributed by atoms with Gasteiger partial charge in [-0.1, -0.05) is 19.6 Å². The third-order valence-electron chi connectivity index (χ3n) is 2.18. The zero-order valence-corrected chi connectivity index (χ0v) is 13.2. The zero-order valence-electron chi connectivity index (χ0n) is 10.0. The molecule has 6 heteroatoms. The van der Waals surface area contributed by atoms with Crippen LogP contribution in [0.5, 0.6) is 0 Å². The summed E-state index contributed by atoms with van der Waals surface area (Å²) in [6.45, 7) is 8.29. The molecule has 0 unspecified atom stereocenters. The van der Waals surface area contributed by atoms with Crippen molar-refractivity contribution in [1.82, 2.24) is 9.78 Å². The van der Waals surface area contributed by atoms with Crippen molar-refractivity contribution in [2.75, 3.05) is 6.61 Å². The van der Waals surface area contributed by atoms with Gasteiger partial charge in [-0.15, -0.1) is 0 Å². The van der Waals surface area contributed by atoms with Crippen LogP contribution in [0.3, 0.4) is 0 Å². The Morgan fingerprint density at radius 3 is 2.69 bits per heavy atom. The van der Waals surface area contributed by atoms with Crippen molar-refractivity contribution in [3.05, 3.63) is 15.5 Å². The van der Waals surface area contributed by atoms with Crippen LogP contribution >= 0.6 is 22.6 Å². The van der Waals surface area contributed by atoms with Crippen LogP contribution in [-0.2, 0) is 18.1 Å². The molecular weight excluding hydrogens is 335 g/mol. The van der Waals surface area contributed by atoms with Crippen molar-refractivity contribution in [2.45, 2.75) is 39.0 Å². The van der Waals surface area contributed by atoms with Gasteiger partial charge in [0.05, 0.1) is 6.61 Å². The minimum atomic E-state index is -1.00. The summed E-state index contributed by atoms with van der Waals surface area (Å²) in [6.07, 6.45) is 1.83. The molecule has 1 aromatic rings. The summed E-state index contributed by atoms with van der Waals surface area (Å²) < 4.78 is 8.13. The molecule has 0 atom stereocenters. The molecule has 0 aliphatic rings. The van der Waals surface area contributed by atoms with Gasteiger partial charge in [-0.2, -0.15) is 5.10 Å². The van der Waals surface area contributed by atoms with Crippen LogP contribution in [0.4, 0.5) is 0 Å². The molecule has 0 spiro atoms. The standard InChI is InChI=1S/C10H19IN2O2Si/c1-16(2,3)5-4-15-8-13-6-9(7-14)10(11)12-13/h6,14H,4-5,7-8H2,1-3H3. The van der Waals surface area contributed by atoms with E-state index < -0.39 is 8.07 Å². The summed E-state index contributed by atoms with van der Waals surface area (Å²) in [5, 5.41) is 13.3. The summed E-state index contributed by atoms with van der Waals surface area (Å²) in [7, 11) is -1.00. The predicted octanol–water partition coefficient (Wildman–Crippen LogP) is 2.29. The number of rotatable bonds is 6. The SMILES string of the molecule is C[Si](C)(C)CCOCn1cc(CO)c(I)n1. The van der Waals surface area contributed by atoms with Gasteiger partial charge in [-0.05, 0) is 28.6 Å². The van der Waals surface area contributed by atoms with E-state index in [0.717, 1.165) is 21.9 Å². The Hall–Kier alpha value is 0.0769. The number of aromatic nitrogens is 2. The second-order valence-electron chi connectivity index (χ2n) is 4.99. The molecule has 0 aliphatic carbocycles. The van der Waals surface area contributed by atoms with E-state index in [1.54, 1.807) is 4.68 Å². The van der Waals surface area contributed by atoms with Gasteiger partial charge < -0.3 is 9.84 Å². The molecule has 92 valence electrons. The fourth-order valence-electron chi connectivity index (χ4n) is 1.15. The average Bonchev–Trinajstić information content (AvgIpc) is 2.52. The minimum Gasteiger partial charge on any atom is -0.392 e. The highest BCUT2D eigenvalue weighted by atomic mass is 127. The van der Waals surface area contributed by atoms with Crippen molar-refractivity contribution in [3.63, 3.8) is 0 Å². The Morgan fingerprint density at radius 2 is 2.19 bits per heavy atom. The normalized spacial score (nSPS) is 12.1. The number of aliphatic hydroxyl groups is 1. The molecule has 1 N–H and O–H groups in total. The van der Waals surface area contributed by atoms with Gasteiger partial charge in [0.15, 0.2) is 0 Å². The quantitative estimate of drug-likeness (QED) is 0.484. The summed E-state index contributed by atoms with van der Waals surface area (Å²) in [5.74, 6) is 0. The summed E-state index contributed by atoms with van der Waals surface area (Å²) in [6, 6.07) is 1.16. The van der Waals surface area contributed by atoms with Gasteiger partial charge in [0, 0.05) is 26.4 Å². The summed E-state index contributed by atoms with van der Waals surface area (Å²) >= 11 is 2.11. The smallest absolute Gasteiger partial charge is 0.139 e. The predicted molar refractivity (Wildman–Crippen MR) is 75.0 cm³/mol. The fraction of sp³-hybridized carbons (Fsp3) is 0.700. The molecule has 1 heterocycles. The third-order valence-corrected chi connectivity index (χ3v) is 4.79. The van der Waals surface area contributed by atoms with Crippen molar-refractivity contribution in [2.24, 2.45) is 0 Å². The van der Waals surface area contributed by atoms with Gasteiger partial charge in [0.2, 0.25) is 0 Å². The minimum absolute atomic E-state index is 0.0349. The first-order valence-electron chi connectivity index (χ1n) is 5.33. The van der Waals surface area contributed by atoms with Gasteiger partial charge in [-0.25, -0.2) is 4.68 Å². The first kappa shape index (κ1) is 14.1. The van der Waals surface area contributed by atoms with Crippen LogP contribution in [-0.4, -0.2) is 29.6 Å². The second kappa shape index (κ2) is 6.13. The van der Waals surface area contributed by atoms with E-state index in [1.165, 1.54) is 0 Å². The van der Waals surface area contributed by atoms with Gasteiger partial charge in [0.25, 0.3) is 0 Å². The monoisotopic (exact) mass is 354 g/mol. The Kier molecular flexibility index (Phi) is 5.42. The van der Waals surface area contributed by atoms with Crippen LogP contribution in [0.15, 0.2) is 6.20 Å². The highest BCUT2D eigenvalue weighted by molar-refractivity contribution is 14.1. The summed E-state index contributed by atoms with van der Waals surface area (Å²) in [5.41, 5.74) is 0.856. The molecule has 4 nitrogen and oxygen atoms in total. The molecular formula is C10H19IN2O2Si. The molecule has 0 aliphatic heterocycles. The van der Waals surface area contributed by atoms with Crippen molar-refractivity contribution < 1.29 is 9.84 Å². The van der Waals surface area contributed by atoms with Crippen molar-refractivity contribution >= 4 is 30.7 Å². The third kappa shape index (κ3) is 4.94. The number of nitrogens with zero attached hydrogens (tertiary/aromatic N) is 2. The van der Waals surface area contributed by atoms with Gasteiger partial charge in [0.1, 0.15) is 10.4 Å². The van der Waals surface area contributed by atoms with E-state index in [4.69, 9.17) is 9.84 Å². The lowest BCUT2D eigenvalue weighted by atomic mass is 10.4. The maximum atomic E-state index is 9.02. The Balaban J connectivity index is 2.32. The zero-order chi connectivity index (χ0) is 12.2. The number of aliphatic hydroxyl groups excluding tert-OH is 1. The van der Waals surface area contributed by atoms with Crippen LogP contribution in [0.2, 0.25) is 25.7 Å². The number of halogens is 1. The van der Waals surface area contributed by atoms with Crippen molar-refractivity contribution in [3.8, 4) is 0 Å². The lowest BCUT2D eigenvalue weighted by Crippen LogP contribution is -2.22. The lowest BCUT2D eigenvalue weighted by Gasteiger charge is -2.15. The topological polar surface area (TPSA) is 47.3 Å². The Bertz CT molecular complexity index is 336. The first-order valence-corrected chi connectivity index (χ1v) is 10.1. The molecule has 1 rings (SSSR count). The van der Waals surface area contributed by atoms with E-state index in [-0.39, 0.29) is 6.61 Å². The maximum absolute atomic E-state index is 9.02. The van der Waals surface area contributed by atoms with E-state index in [9.17, 15) is 0 Å². The van der Waals surface area contributed by atoms with E-state index in [2.05, 4.69) is 47.3 Å². The van der Waals surface area contributed by atoms with E-state index in [0.29, 0.717) is 6.73 Å². The Labute approximate surface area is 111 Å². The second-order valence-corrected chi connectivity index (χ2v) is 11.6. The highest BCUT2D eigenvalue weighted by Crippen LogP contribution is 2.10. The molecule has 0 aromatic carbocycles. The van der Waals surface area contributed by atoms with Gasteiger partial charge in [-0.3, -0.25) is 0 Å². The molecule has 0 saturated carbocycles. The molecule has 0 saturated heterocycles. The molecule has 0 bridgehead atoms.